The van der Waals surface area contributed by atoms with Gasteiger partial charge in [-0.15, -0.1) is 0 Å². The summed E-state index contributed by atoms with van der Waals surface area (Å²) in [4.78, 5) is 30.2. The number of ether oxygens (including phenoxy) is 1. The number of benzene rings is 2. The van der Waals surface area contributed by atoms with E-state index in [-0.39, 0.29) is 18.0 Å². The van der Waals surface area contributed by atoms with Crippen LogP contribution in [0.3, 0.4) is 0 Å². The van der Waals surface area contributed by atoms with Crippen LogP contribution in [0, 0.1) is 5.82 Å². The quantitative estimate of drug-likeness (QED) is 0.586. The largest absolute Gasteiger partial charge is 0.451 e. The third kappa shape index (κ3) is 3.67. The van der Waals surface area contributed by atoms with Crippen molar-refractivity contribution in [2.75, 3.05) is 0 Å². The predicted octanol–water partition coefficient (Wildman–Crippen LogP) is 3.62. The molecule has 0 amide bonds. The van der Waals surface area contributed by atoms with Crippen LogP contribution >= 0.6 is 0 Å². The molecule has 0 fully saturated rings. The van der Waals surface area contributed by atoms with E-state index >= 15 is 0 Å². The van der Waals surface area contributed by atoms with Gasteiger partial charge in [-0.3, -0.25) is 4.79 Å². The molecular formula is C22H20FNO4. The summed E-state index contributed by atoms with van der Waals surface area (Å²) in [6.45, 7) is 1.55. The van der Waals surface area contributed by atoms with Crippen LogP contribution in [0.15, 0.2) is 47.6 Å². The summed E-state index contributed by atoms with van der Waals surface area (Å²) in [5.41, 5.74) is 4.04. The molecule has 4 rings (SSSR count). The summed E-state index contributed by atoms with van der Waals surface area (Å²) in [6, 6.07) is 11.6. The standard InChI is InChI=1S/C22H20FNO4/c1-13(21(25)17-9-8-14-4-2-5-15(14)10-17)27-22(26)20-12-19(24-28-20)16-6-3-7-18(23)11-16/h3,6-11,13,20H,2,4-5,12H2,1H3. The van der Waals surface area contributed by atoms with Gasteiger partial charge in [-0.05, 0) is 55.5 Å². The zero-order valence-corrected chi connectivity index (χ0v) is 15.5. The number of halogens is 1. The molecule has 1 heterocycles. The van der Waals surface area contributed by atoms with Gasteiger partial charge in [0.05, 0.1) is 5.71 Å². The van der Waals surface area contributed by atoms with E-state index in [4.69, 9.17) is 9.57 Å². The van der Waals surface area contributed by atoms with Crippen molar-refractivity contribution in [3.05, 3.63) is 70.5 Å². The maximum absolute atomic E-state index is 13.4. The molecule has 2 aromatic carbocycles. The Morgan fingerprint density at radius 2 is 2.00 bits per heavy atom. The summed E-state index contributed by atoms with van der Waals surface area (Å²) in [5.74, 6) is -1.29. The second kappa shape index (κ2) is 7.54. The fourth-order valence-electron chi connectivity index (χ4n) is 3.61. The Bertz CT molecular complexity index is 969. The summed E-state index contributed by atoms with van der Waals surface area (Å²) in [6.07, 6.45) is 1.43. The van der Waals surface area contributed by atoms with E-state index in [1.54, 1.807) is 25.1 Å². The monoisotopic (exact) mass is 381 g/mol. The smallest absolute Gasteiger partial charge is 0.351 e. The molecule has 0 saturated heterocycles. The number of carbonyl (C=O) groups is 2. The van der Waals surface area contributed by atoms with E-state index in [1.165, 1.54) is 23.3 Å². The lowest BCUT2D eigenvalue weighted by molar-refractivity contribution is -0.158. The number of carbonyl (C=O) groups excluding carboxylic acids is 2. The van der Waals surface area contributed by atoms with Crippen LogP contribution in [0.4, 0.5) is 4.39 Å². The highest BCUT2D eigenvalue weighted by Crippen LogP contribution is 2.24. The number of oxime groups is 1. The van der Waals surface area contributed by atoms with Gasteiger partial charge in [0.2, 0.25) is 11.9 Å². The highest BCUT2D eigenvalue weighted by Gasteiger charge is 2.33. The fraction of sp³-hybridized carbons (Fsp3) is 0.318. The average molecular weight is 381 g/mol. The SMILES string of the molecule is CC(OC(=O)C1CC(c2cccc(F)c2)=NO1)C(=O)c1ccc2c(c1)CCC2. The van der Waals surface area contributed by atoms with Gasteiger partial charge in [-0.2, -0.15) is 0 Å². The first-order chi connectivity index (χ1) is 13.5. The number of rotatable bonds is 5. The van der Waals surface area contributed by atoms with Crippen molar-refractivity contribution in [3.8, 4) is 0 Å². The predicted molar refractivity (Wildman–Crippen MR) is 101 cm³/mol. The van der Waals surface area contributed by atoms with E-state index in [2.05, 4.69) is 5.16 Å². The molecule has 5 nitrogen and oxygen atoms in total. The lowest BCUT2D eigenvalue weighted by Crippen LogP contribution is -2.31. The molecule has 0 aromatic heterocycles. The normalized spacial score (nSPS) is 18.8. The summed E-state index contributed by atoms with van der Waals surface area (Å²) in [7, 11) is 0. The van der Waals surface area contributed by atoms with Crippen LogP contribution in [-0.4, -0.2) is 29.7 Å². The van der Waals surface area contributed by atoms with E-state index in [1.807, 2.05) is 12.1 Å². The molecule has 0 N–H and O–H groups in total. The van der Waals surface area contributed by atoms with Gasteiger partial charge >= 0.3 is 5.97 Å². The number of hydrogen-bond donors (Lipinski definition) is 0. The van der Waals surface area contributed by atoms with Crippen LogP contribution < -0.4 is 0 Å². The third-order valence-electron chi connectivity index (χ3n) is 5.13. The van der Waals surface area contributed by atoms with Gasteiger partial charge in [-0.25, -0.2) is 9.18 Å². The molecule has 1 aliphatic heterocycles. The molecular weight excluding hydrogens is 361 g/mol. The molecule has 2 aliphatic rings. The maximum atomic E-state index is 13.4. The van der Waals surface area contributed by atoms with Crippen LogP contribution in [-0.2, 0) is 27.2 Å². The zero-order valence-electron chi connectivity index (χ0n) is 15.5. The number of hydrogen-bond acceptors (Lipinski definition) is 5. The first-order valence-corrected chi connectivity index (χ1v) is 9.36. The Kier molecular flexibility index (Phi) is 4.94. The van der Waals surface area contributed by atoms with Crippen LogP contribution in [0.25, 0.3) is 0 Å². The van der Waals surface area contributed by atoms with Crippen molar-refractivity contribution in [2.45, 2.75) is 44.8 Å². The molecule has 6 heteroatoms. The van der Waals surface area contributed by atoms with Gasteiger partial charge in [0, 0.05) is 17.5 Å². The molecule has 2 unspecified atom stereocenters. The Morgan fingerprint density at radius 1 is 1.18 bits per heavy atom. The molecule has 1 aliphatic carbocycles. The number of Topliss-reactive ketones (excluding diaryl/α,β-unsaturated/α-hetero) is 1. The first-order valence-electron chi connectivity index (χ1n) is 9.36. The molecule has 0 radical (unpaired) electrons. The number of aryl methyl sites for hydroxylation is 2. The number of fused-ring (bicyclic) bond motifs is 1. The lowest BCUT2D eigenvalue weighted by atomic mass is 10.0. The molecule has 0 bridgehead atoms. The minimum atomic E-state index is -0.937. The molecule has 28 heavy (non-hydrogen) atoms. The average Bonchev–Trinajstić information content (AvgIpc) is 3.36. The van der Waals surface area contributed by atoms with Crippen molar-refractivity contribution >= 4 is 17.5 Å². The van der Waals surface area contributed by atoms with Crippen molar-refractivity contribution in [3.63, 3.8) is 0 Å². The Labute approximate surface area is 162 Å². The third-order valence-corrected chi connectivity index (χ3v) is 5.13. The highest BCUT2D eigenvalue weighted by atomic mass is 19.1. The van der Waals surface area contributed by atoms with Crippen molar-refractivity contribution in [1.82, 2.24) is 0 Å². The number of nitrogens with zero attached hydrogens (tertiary/aromatic N) is 1. The second-order valence-electron chi connectivity index (χ2n) is 7.13. The van der Waals surface area contributed by atoms with E-state index in [9.17, 15) is 14.0 Å². The molecule has 144 valence electrons. The Morgan fingerprint density at radius 3 is 2.82 bits per heavy atom. The van der Waals surface area contributed by atoms with Crippen molar-refractivity contribution in [1.29, 1.82) is 0 Å². The van der Waals surface area contributed by atoms with Gasteiger partial charge in [0.15, 0.2) is 6.10 Å². The van der Waals surface area contributed by atoms with Gasteiger partial charge in [0.1, 0.15) is 5.82 Å². The summed E-state index contributed by atoms with van der Waals surface area (Å²) >= 11 is 0. The maximum Gasteiger partial charge on any atom is 0.351 e. The topological polar surface area (TPSA) is 65.0 Å². The van der Waals surface area contributed by atoms with Crippen LogP contribution in [0.5, 0.6) is 0 Å². The number of esters is 1. The van der Waals surface area contributed by atoms with Gasteiger partial charge in [-0.1, -0.05) is 29.4 Å². The molecule has 0 spiro atoms. The molecule has 2 aromatic rings. The summed E-state index contributed by atoms with van der Waals surface area (Å²) < 4.78 is 18.7. The van der Waals surface area contributed by atoms with Crippen molar-refractivity contribution < 1.29 is 23.6 Å². The van der Waals surface area contributed by atoms with E-state index in [0.717, 1.165) is 19.3 Å². The minimum absolute atomic E-state index is 0.169. The number of ketones is 1. The van der Waals surface area contributed by atoms with Gasteiger partial charge in [0.25, 0.3) is 0 Å². The molecule has 0 saturated carbocycles. The lowest BCUT2D eigenvalue weighted by Gasteiger charge is -2.15. The first kappa shape index (κ1) is 18.3. The highest BCUT2D eigenvalue weighted by molar-refractivity contribution is 6.04. The fourth-order valence-corrected chi connectivity index (χ4v) is 3.61. The van der Waals surface area contributed by atoms with E-state index < -0.39 is 18.2 Å². The summed E-state index contributed by atoms with van der Waals surface area (Å²) in [5, 5.41) is 3.86. The van der Waals surface area contributed by atoms with Crippen LogP contribution in [0.2, 0.25) is 0 Å². The second-order valence-corrected chi connectivity index (χ2v) is 7.13. The zero-order chi connectivity index (χ0) is 19.7. The Balaban J connectivity index is 1.37. The molecule has 2 atom stereocenters. The van der Waals surface area contributed by atoms with Crippen molar-refractivity contribution in [2.24, 2.45) is 5.16 Å². The minimum Gasteiger partial charge on any atom is -0.451 e. The van der Waals surface area contributed by atoms with E-state index in [0.29, 0.717) is 16.8 Å². The van der Waals surface area contributed by atoms with Gasteiger partial charge < -0.3 is 9.57 Å². The Hall–Kier alpha value is -3.02. The van der Waals surface area contributed by atoms with Crippen LogP contribution in [0.1, 0.15) is 46.8 Å².